The summed E-state index contributed by atoms with van der Waals surface area (Å²) in [5, 5.41) is 0.929. The molecule has 0 aliphatic carbocycles. The lowest BCUT2D eigenvalue weighted by atomic mass is 10.8. The van der Waals surface area contributed by atoms with Gasteiger partial charge in [0.2, 0.25) is 0 Å². The van der Waals surface area contributed by atoms with Gasteiger partial charge in [0.15, 0.2) is 0 Å². The van der Waals surface area contributed by atoms with Crippen molar-refractivity contribution in [3.8, 4) is 0 Å². The summed E-state index contributed by atoms with van der Waals surface area (Å²) in [6, 6.07) is 0. The zero-order valence-electron chi connectivity index (χ0n) is 2.62. The van der Waals surface area contributed by atoms with Crippen molar-refractivity contribution in [2.75, 3.05) is 5.33 Å². The third kappa shape index (κ3) is 4.70. The molecule has 0 amide bonds. The van der Waals surface area contributed by atoms with Crippen LogP contribution < -0.4 is 0 Å². The van der Waals surface area contributed by atoms with Crippen LogP contribution in [0.4, 0.5) is 0 Å². The highest BCUT2D eigenvalue weighted by Gasteiger charge is 1.55. The van der Waals surface area contributed by atoms with E-state index in [1.165, 1.54) is 0 Å². The van der Waals surface area contributed by atoms with E-state index < -0.39 is 0 Å². The molecule has 0 unspecified atom stereocenters. The Kier molecular flexibility index (Phi) is 5.36. The van der Waals surface area contributed by atoms with Crippen molar-refractivity contribution >= 4 is 31.9 Å². The molecule has 0 N–H and O–H groups in total. The van der Waals surface area contributed by atoms with Gasteiger partial charge in [-0.2, -0.15) is 0 Å². The van der Waals surface area contributed by atoms with E-state index in [1.807, 2.05) is 11.1 Å². The Hall–Kier alpha value is 0.700. The first kappa shape index (κ1) is 5.70. The maximum absolute atomic E-state index is 3.19. The largest absolute Gasteiger partial charge is 0.0883 e. The molecule has 0 aliphatic rings. The molecule has 0 rings (SSSR count). The Balaban J connectivity index is 2.62. The zero-order valence-corrected chi connectivity index (χ0v) is 5.79. The smallest absolute Gasteiger partial charge is 0.0220 e. The topological polar surface area (TPSA) is 0 Å². The van der Waals surface area contributed by atoms with Crippen LogP contribution >= 0.6 is 31.9 Å². The summed E-state index contributed by atoms with van der Waals surface area (Å²) in [6.45, 7) is 0. The second-order valence-corrected chi connectivity index (χ2v) is 1.69. The lowest BCUT2D eigenvalue weighted by Crippen LogP contribution is -1.47. The molecular formula is C3H4Br2. The van der Waals surface area contributed by atoms with E-state index in [0.717, 1.165) is 5.33 Å². The van der Waals surface area contributed by atoms with Crippen LogP contribution in [0.3, 0.4) is 0 Å². The molecule has 0 nitrogen and oxygen atoms in total. The van der Waals surface area contributed by atoms with Crippen molar-refractivity contribution < 1.29 is 0 Å². The van der Waals surface area contributed by atoms with E-state index in [9.17, 15) is 0 Å². The lowest BCUT2D eigenvalue weighted by Gasteiger charge is -1.61. The zero-order chi connectivity index (χ0) is 4.12. The van der Waals surface area contributed by atoms with Crippen molar-refractivity contribution in [3.05, 3.63) is 11.1 Å². The molecule has 0 fully saturated rings. The number of rotatable bonds is 1. The molecular weight excluding hydrogens is 196 g/mol. The average molecular weight is 200 g/mol. The number of hydrogen-bond acceptors (Lipinski definition) is 0. The van der Waals surface area contributed by atoms with Crippen LogP contribution in [0.2, 0.25) is 0 Å². The molecule has 0 spiro atoms. The minimum Gasteiger partial charge on any atom is -0.0883 e. The Morgan fingerprint density at radius 3 is 2.20 bits per heavy atom. The minimum atomic E-state index is 0.929. The highest BCUT2D eigenvalue weighted by molar-refractivity contribution is 9.11. The Morgan fingerprint density at radius 2 is 2.20 bits per heavy atom. The predicted octanol–water partition coefficient (Wildman–Crippen LogP) is 2.29. The first-order valence-electron chi connectivity index (χ1n) is 1.23. The molecule has 0 bridgehead atoms. The van der Waals surface area contributed by atoms with Gasteiger partial charge in [-0.3, -0.25) is 0 Å². The van der Waals surface area contributed by atoms with Crippen LogP contribution in [0.1, 0.15) is 0 Å². The SMILES string of the molecule is BrC=CCBr. The Morgan fingerprint density at radius 1 is 1.60 bits per heavy atom. The number of halogens is 2. The quantitative estimate of drug-likeness (QED) is 0.569. The van der Waals surface area contributed by atoms with Gasteiger partial charge in [0, 0.05) is 5.33 Å². The van der Waals surface area contributed by atoms with Gasteiger partial charge in [-0.1, -0.05) is 37.9 Å². The maximum Gasteiger partial charge on any atom is 0.0220 e. The first-order valence-corrected chi connectivity index (χ1v) is 3.26. The van der Waals surface area contributed by atoms with Crippen LogP contribution in [0, 0.1) is 0 Å². The Labute approximate surface area is 48.5 Å². The monoisotopic (exact) mass is 198 g/mol. The van der Waals surface area contributed by atoms with E-state index >= 15 is 0 Å². The van der Waals surface area contributed by atoms with E-state index in [0.29, 0.717) is 0 Å². The van der Waals surface area contributed by atoms with E-state index in [4.69, 9.17) is 0 Å². The van der Waals surface area contributed by atoms with Crippen molar-refractivity contribution in [3.63, 3.8) is 0 Å². The van der Waals surface area contributed by atoms with Gasteiger partial charge < -0.3 is 0 Å². The van der Waals surface area contributed by atoms with Crippen molar-refractivity contribution in [2.45, 2.75) is 0 Å². The summed E-state index contributed by atoms with van der Waals surface area (Å²) in [6.07, 6.45) is 1.96. The molecule has 0 aliphatic heterocycles. The number of alkyl halides is 1. The molecule has 2 heteroatoms. The molecule has 0 radical (unpaired) electrons. The second-order valence-electron chi connectivity index (χ2n) is 0.516. The van der Waals surface area contributed by atoms with Gasteiger partial charge in [-0.25, -0.2) is 0 Å². The third-order valence-corrected chi connectivity index (χ3v) is 0.926. The van der Waals surface area contributed by atoms with Crippen molar-refractivity contribution in [2.24, 2.45) is 0 Å². The van der Waals surface area contributed by atoms with Gasteiger partial charge in [-0.05, 0) is 4.99 Å². The van der Waals surface area contributed by atoms with E-state index in [-0.39, 0.29) is 0 Å². The normalized spacial score (nSPS) is 10.0. The van der Waals surface area contributed by atoms with Crippen LogP contribution in [0.15, 0.2) is 11.1 Å². The summed E-state index contributed by atoms with van der Waals surface area (Å²) in [4.78, 5) is 1.82. The fourth-order valence-corrected chi connectivity index (χ4v) is 0.909. The molecule has 0 aromatic carbocycles. The standard InChI is InChI=1S/C3H4Br2/c4-2-1-3-5/h1-2H,3H2. The molecule has 0 aromatic heterocycles. The summed E-state index contributed by atoms with van der Waals surface area (Å²) in [7, 11) is 0. The predicted molar refractivity (Wildman–Crippen MR) is 31.9 cm³/mol. The highest BCUT2D eigenvalue weighted by Crippen LogP contribution is 1.85. The fraction of sp³-hybridized carbons (Fsp3) is 0.333. The number of hydrogen-bond donors (Lipinski definition) is 0. The van der Waals surface area contributed by atoms with Gasteiger partial charge in [0.25, 0.3) is 0 Å². The first-order chi connectivity index (χ1) is 2.41. The third-order valence-electron chi connectivity index (χ3n) is 0.178. The van der Waals surface area contributed by atoms with Gasteiger partial charge in [0.05, 0.1) is 0 Å². The molecule has 5 heavy (non-hydrogen) atoms. The van der Waals surface area contributed by atoms with Gasteiger partial charge >= 0.3 is 0 Å². The molecule has 0 aromatic rings. The lowest BCUT2D eigenvalue weighted by molar-refractivity contribution is 1.86. The summed E-state index contributed by atoms with van der Waals surface area (Å²) >= 11 is 6.29. The minimum absolute atomic E-state index is 0.929. The summed E-state index contributed by atoms with van der Waals surface area (Å²) in [5.41, 5.74) is 0. The Bertz CT molecular complexity index is 31.9. The molecule has 0 saturated carbocycles. The summed E-state index contributed by atoms with van der Waals surface area (Å²) in [5.74, 6) is 0. The molecule has 0 heterocycles. The number of allylic oxidation sites excluding steroid dienone is 1. The van der Waals surface area contributed by atoms with Crippen LogP contribution in [0.5, 0.6) is 0 Å². The molecule has 0 saturated heterocycles. The highest BCUT2D eigenvalue weighted by atomic mass is 79.9. The maximum atomic E-state index is 3.19. The van der Waals surface area contributed by atoms with E-state index in [1.54, 1.807) is 0 Å². The van der Waals surface area contributed by atoms with Gasteiger partial charge in [0.1, 0.15) is 0 Å². The van der Waals surface area contributed by atoms with Crippen molar-refractivity contribution in [1.29, 1.82) is 0 Å². The molecule has 30 valence electrons. The fourth-order valence-electron chi connectivity index (χ4n) is 0.0337. The average Bonchev–Trinajstić information content (AvgIpc) is 1.41. The van der Waals surface area contributed by atoms with Crippen LogP contribution in [-0.4, -0.2) is 5.33 Å². The van der Waals surface area contributed by atoms with Crippen molar-refractivity contribution in [1.82, 2.24) is 0 Å². The summed E-state index contributed by atoms with van der Waals surface area (Å²) < 4.78 is 0. The van der Waals surface area contributed by atoms with Crippen LogP contribution in [-0.2, 0) is 0 Å². The van der Waals surface area contributed by atoms with Crippen LogP contribution in [0.25, 0.3) is 0 Å². The molecule has 0 atom stereocenters. The van der Waals surface area contributed by atoms with E-state index in [2.05, 4.69) is 31.9 Å². The second kappa shape index (κ2) is 4.70. The van der Waals surface area contributed by atoms with Gasteiger partial charge in [-0.15, -0.1) is 0 Å².